The van der Waals surface area contributed by atoms with E-state index in [9.17, 15) is 34.8 Å². The van der Waals surface area contributed by atoms with E-state index in [4.69, 9.17) is 17.3 Å². The average molecular weight is 492 g/mol. The summed E-state index contributed by atoms with van der Waals surface area (Å²) in [6.45, 7) is 0. The number of fused-ring (bicyclic) bond motifs is 3. The smallest absolute Gasteiger partial charge is 0.255 e. The maximum absolute atomic E-state index is 13.7. The molecule has 1 aromatic carbocycles. The maximum Gasteiger partial charge on any atom is 0.255 e. The summed E-state index contributed by atoms with van der Waals surface area (Å²) in [7, 11) is 6.63. The molecule has 0 radical (unpaired) electrons. The van der Waals surface area contributed by atoms with Gasteiger partial charge >= 0.3 is 0 Å². The van der Waals surface area contributed by atoms with E-state index in [0.717, 1.165) is 0 Å². The van der Waals surface area contributed by atoms with Gasteiger partial charge in [-0.25, -0.2) is 0 Å². The van der Waals surface area contributed by atoms with Crippen LogP contribution >= 0.6 is 11.6 Å². The average Bonchev–Trinajstić information content (AvgIpc) is 2.72. The highest BCUT2D eigenvalue weighted by Crippen LogP contribution is 2.54. The van der Waals surface area contributed by atoms with Gasteiger partial charge in [0.1, 0.15) is 22.8 Å². The summed E-state index contributed by atoms with van der Waals surface area (Å²) >= 11 is 6.17. The Morgan fingerprint density at radius 2 is 1.79 bits per heavy atom. The van der Waals surface area contributed by atoms with Gasteiger partial charge in [-0.05, 0) is 44.5 Å². The summed E-state index contributed by atoms with van der Waals surface area (Å²) in [5.74, 6) is -6.98. The lowest BCUT2D eigenvalue weighted by atomic mass is 9.57. The topological polar surface area (TPSA) is 165 Å². The number of aromatic hydroxyl groups is 1. The second-order valence-electron chi connectivity index (χ2n) is 9.44. The Bertz CT molecular complexity index is 1220. The third-order valence-corrected chi connectivity index (χ3v) is 7.42. The van der Waals surface area contributed by atoms with Crippen LogP contribution in [0.4, 0.5) is 5.69 Å². The summed E-state index contributed by atoms with van der Waals surface area (Å²) in [4.78, 5) is 42.0. The van der Waals surface area contributed by atoms with E-state index in [1.807, 2.05) is 0 Å². The number of aliphatic hydroxyl groups excluding tert-OH is 2. The van der Waals surface area contributed by atoms with Crippen LogP contribution in [0.15, 0.2) is 23.0 Å². The van der Waals surface area contributed by atoms with E-state index in [-0.39, 0.29) is 29.0 Å². The van der Waals surface area contributed by atoms with Crippen LogP contribution in [0.1, 0.15) is 17.5 Å². The summed E-state index contributed by atoms with van der Waals surface area (Å²) in [6.07, 6.45) is 0.231. The Kier molecular flexibility index (Phi) is 5.47. The molecule has 6 N–H and O–H groups in total. The van der Waals surface area contributed by atoms with Crippen molar-refractivity contribution in [2.75, 3.05) is 33.1 Å². The highest BCUT2D eigenvalue weighted by Gasteiger charge is 2.64. The van der Waals surface area contributed by atoms with Gasteiger partial charge in [-0.1, -0.05) is 11.6 Å². The van der Waals surface area contributed by atoms with Gasteiger partial charge in [0, 0.05) is 31.3 Å². The number of phenolic OH excluding ortho intramolecular Hbond substituents is 1. The van der Waals surface area contributed by atoms with Crippen molar-refractivity contribution in [2.45, 2.75) is 24.5 Å². The fourth-order valence-corrected chi connectivity index (χ4v) is 5.86. The first kappa shape index (κ1) is 24.1. The molecule has 182 valence electrons. The monoisotopic (exact) mass is 491 g/mol. The van der Waals surface area contributed by atoms with E-state index in [0.29, 0.717) is 11.3 Å². The highest BCUT2D eigenvalue weighted by atomic mass is 35.5. The lowest BCUT2D eigenvalue weighted by Gasteiger charge is -2.50. The number of hydrogen-bond acceptors (Lipinski definition) is 9. The van der Waals surface area contributed by atoms with Gasteiger partial charge < -0.3 is 31.1 Å². The van der Waals surface area contributed by atoms with Crippen molar-refractivity contribution in [3.05, 3.63) is 39.1 Å². The van der Waals surface area contributed by atoms with Crippen LogP contribution in [0.5, 0.6) is 5.75 Å². The van der Waals surface area contributed by atoms with Crippen molar-refractivity contribution >= 4 is 40.5 Å². The van der Waals surface area contributed by atoms with Crippen LogP contribution in [-0.2, 0) is 20.8 Å². The fraction of sp³-hybridized carbons (Fsp3) is 0.435. The highest BCUT2D eigenvalue weighted by molar-refractivity contribution is 6.33. The van der Waals surface area contributed by atoms with Crippen molar-refractivity contribution in [3.8, 4) is 5.75 Å². The van der Waals surface area contributed by atoms with Crippen molar-refractivity contribution in [3.63, 3.8) is 0 Å². The fourth-order valence-electron chi connectivity index (χ4n) is 5.66. The molecule has 0 aromatic heterocycles. The number of carbonyl (C=O) groups is 3. The van der Waals surface area contributed by atoms with E-state index in [1.165, 1.54) is 4.90 Å². The molecule has 0 aliphatic heterocycles. The molecule has 0 unspecified atom stereocenters. The molecule has 1 aromatic rings. The van der Waals surface area contributed by atoms with Crippen molar-refractivity contribution < 1.29 is 34.8 Å². The molecule has 4 rings (SSSR count). The number of carbonyl (C=O) groups excluding carboxylic acids is 3. The third kappa shape index (κ3) is 2.98. The van der Waals surface area contributed by atoms with Crippen molar-refractivity contribution in [2.24, 2.45) is 17.6 Å². The molecule has 1 fully saturated rings. The van der Waals surface area contributed by atoms with Crippen LogP contribution in [0.25, 0.3) is 5.76 Å². The molecule has 0 saturated heterocycles. The number of phenols is 1. The molecule has 1 saturated carbocycles. The summed E-state index contributed by atoms with van der Waals surface area (Å²) in [5, 5.41) is 44.1. The van der Waals surface area contributed by atoms with Crippen molar-refractivity contribution in [1.82, 2.24) is 4.90 Å². The zero-order valence-electron chi connectivity index (χ0n) is 19.1. The predicted octanol–water partition coefficient (Wildman–Crippen LogP) is 0.683. The zero-order chi connectivity index (χ0) is 25.4. The van der Waals surface area contributed by atoms with Crippen LogP contribution in [-0.4, -0.2) is 82.6 Å². The van der Waals surface area contributed by atoms with E-state index in [1.54, 1.807) is 39.2 Å². The normalized spacial score (nSPS) is 28.6. The standard InChI is InChI=1S/C23H26ClN3O7/c1-26(2)12-7-11(24)17(28)14-9(12)5-8-6-10-16(27(3)4)19(30)15(22(25)33)21(32)23(10,34)20(31)13(8)18(14)29/h7-8,10,16,28-29,32,34H,5-6H2,1-4H3,(H2,25,33)/t8-,10-,16-,23-/m0/s1. The molecular formula is C23H26ClN3O7. The Morgan fingerprint density at radius 3 is 2.32 bits per heavy atom. The summed E-state index contributed by atoms with van der Waals surface area (Å²) in [5.41, 5.74) is 2.73. The van der Waals surface area contributed by atoms with Gasteiger partial charge in [-0.3, -0.25) is 19.3 Å². The van der Waals surface area contributed by atoms with Gasteiger partial charge in [0.15, 0.2) is 11.4 Å². The lowest BCUT2D eigenvalue weighted by Crippen LogP contribution is -2.65. The molecule has 0 bridgehead atoms. The van der Waals surface area contributed by atoms with Crippen LogP contribution in [0.2, 0.25) is 5.02 Å². The molecule has 3 aliphatic rings. The SMILES string of the molecule is CN(C)c1cc(Cl)c(O)c2c1C[C@H]1C[C@H]3[C@H](N(C)C)C(=O)C(C(N)=O)=C(O)[C@@]3(O)C(=O)C1=C2O. The molecule has 1 amide bonds. The number of nitrogens with two attached hydrogens (primary N) is 1. The number of likely N-dealkylation sites (N-methyl/N-ethyl adjacent to an activating group) is 1. The predicted molar refractivity (Wildman–Crippen MR) is 124 cm³/mol. The van der Waals surface area contributed by atoms with E-state index in [2.05, 4.69) is 0 Å². The molecular weight excluding hydrogens is 466 g/mol. The first-order valence-corrected chi connectivity index (χ1v) is 11.0. The first-order chi connectivity index (χ1) is 15.7. The molecule has 0 heterocycles. The van der Waals surface area contributed by atoms with Gasteiger partial charge in [-0.15, -0.1) is 0 Å². The molecule has 3 aliphatic carbocycles. The number of hydrogen-bond donors (Lipinski definition) is 5. The number of amides is 1. The quantitative estimate of drug-likeness (QED) is 0.382. The number of aliphatic hydroxyl groups is 3. The maximum atomic E-state index is 13.7. The van der Waals surface area contributed by atoms with E-state index < -0.39 is 63.8 Å². The third-order valence-electron chi connectivity index (χ3n) is 7.13. The molecule has 34 heavy (non-hydrogen) atoms. The second-order valence-corrected chi connectivity index (χ2v) is 9.84. The largest absolute Gasteiger partial charge is 0.508 e. The van der Waals surface area contributed by atoms with Crippen LogP contribution in [0.3, 0.4) is 0 Å². The van der Waals surface area contributed by atoms with Crippen molar-refractivity contribution in [1.29, 1.82) is 0 Å². The lowest BCUT2D eigenvalue weighted by molar-refractivity contribution is -0.153. The van der Waals surface area contributed by atoms with Crippen LogP contribution in [0, 0.1) is 11.8 Å². The van der Waals surface area contributed by atoms with E-state index >= 15 is 0 Å². The first-order valence-electron chi connectivity index (χ1n) is 10.6. The Hall–Kier alpha value is -3.08. The minimum Gasteiger partial charge on any atom is -0.508 e. The van der Waals surface area contributed by atoms with Gasteiger partial charge in [0.25, 0.3) is 5.91 Å². The molecule has 0 spiro atoms. The minimum atomic E-state index is -2.66. The summed E-state index contributed by atoms with van der Waals surface area (Å²) < 4.78 is 0. The Morgan fingerprint density at radius 1 is 1.18 bits per heavy atom. The van der Waals surface area contributed by atoms with Gasteiger partial charge in [-0.2, -0.15) is 0 Å². The second kappa shape index (κ2) is 7.72. The number of Topliss-reactive ketones (excluding diaryl/α,β-unsaturated/α-hetero) is 2. The molecule has 4 atom stereocenters. The minimum absolute atomic E-state index is 0.0298. The molecule has 10 nitrogen and oxygen atoms in total. The zero-order valence-corrected chi connectivity index (χ0v) is 19.8. The Labute approximate surface area is 200 Å². The number of nitrogens with zero attached hydrogens (tertiary/aromatic N) is 2. The number of primary amides is 1. The number of rotatable bonds is 3. The van der Waals surface area contributed by atoms with Crippen LogP contribution < -0.4 is 10.6 Å². The number of halogens is 1. The molecule has 11 heteroatoms. The number of benzene rings is 1. The van der Waals surface area contributed by atoms with Gasteiger partial charge in [0.2, 0.25) is 5.78 Å². The Balaban J connectivity index is 2.01. The number of anilines is 1. The number of ketones is 2. The van der Waals surface area contributed by atoms with Gasteiger partial charge in [0.05, 0.1) is 16.6 Å². The summed E-state index contributed by atoms with van der Waals surface area (Å²) in [6, 6.07) is 0.430.